The Morgan fingerprint density at radius 3 is 1.12 bits per heavy atom. The molecule has 0 N–H and O–H groups in total. The Labute approximate surface area is 144 Å². The highest BCUT2D eigenvalue weighted by molar-refractivity contribution is 5.61. The summed E-state index contributed by atoms with van der Waals surface area (Å²) in [6.45, 7) is 6.24. The Morgan fingerprint density at radius 2 is 0.875 bits per heavy atom. The van der Waals surface area contributed by atoms with E-state index >= 15 is 0 Å². The molecule has 1 nitrogen and oxygen atoms in total. The van der Waals surface area contributed by atoms with Gasteiger partial charge in [-0.1, -0.05) is 72.8 Å². The quantitative estimate of drug-likeness (QED) is 0.588. The van der Waals surface area contributed by atoms with Gasteiger partial charge in [0.15, 0.2) is 0 Å². The van der Waals surface area contributed by atoms with Crippen molar-refractivity contribution in [2.24, 2.45) is 0 Å². The molecule has 0 aliphatic rings. The van der Waals surface area contributed by atoms with Gasteiger partial charge >= 0.3 is 0 Å². The molecule has 0 heterocycles. The summed E-state index contributed by atoms with van der Waals surface area (Å²) in [4.78, 5) is 0. The first-order chi connectivity index (χ1) is 11.6. The van der Waals surface area contributed by atoms with Crippen molar-refractivity contribution in [3.63, 3.8) is 0 Å². The lowest BCUT2D eigenvalue weighted by molar-refractivity contribution is 0.772. The zero-order valence-electron chi connectivity index (χ0n) is 14.4. The molecule has 24 heavy (non-hydrogen) atoms. The third-order valence-electron chi connectivity index (χ3n) is 4.81. The molecule has 3 aromatic rings. The van der Waals surface area contributed by atoms with Crippen LogP contribution in [-0.4, -0.2) is 0 Å². The first kappa shape index (κ1) is 16.0. The lowest BCUT2D eigenvalue weighted by Gasteiger charge is -2.32. The zero-order valence-corrected chi connectivity index (χ0v) is 14.4. The number of nitrogens with zero attached hydrogens (tertiary/aromatic N) is 1. The second-order valence-corrected chi connectivity index (χ2v) is 6.31. The molecule has 3 rings (SSSR count). The standard InChI is InChI=1S/C23H21N/c1-17-10-4-7-13-20(17)23(16-24,21-14-8-5-11-18(21)2)22-15-9-6-12-19(22)3/h4-15H,1-3H3. The molecular weight excluding hydrogens is 290 g/mol. The second kappa shape index (κ2) is 6.34. The number of aryl methyl sites for hydroxylation is 3. The summed E-state index contributed by atoms with van der Waals surface area (Å²) in [5, 5.41) is 10.5. The highest BCUT2D eigenvalue weighted by atomic mass is 14.4. The Kier molecular flexibility index (Phi) is 4.23. The molecule has 0 saturated carbocycles. The van der Waals surface area contributed by atoms with Crippen molar-refractivity contribution in [1.82, 2.24) is 0 Å². The van der Waals surface area contributed by atoms with Crippen LogP contribution in [0.25, 0.3) is 0 Å². The monoisotopic (exact) mass is 311 g/mol. The fourth-order valence-corrected chi connectivity index (χ4v) is 3.60. The summed E-state index contributed by atoms with van der Waals surface area (Å²) in [6.07, 6.45) is 0. The van der Waals surface area contributed by atoms with Crippen LogP contribution in [0.4, 0.5) is 0 Å². The summed E-state index contributed by atoms with van der Waals surface area (Å²) < 4.78 is 0. The van der Waals surface area contributed by atoms with Gasteiger partial charge in [-0.25, -0.2) is 0 Å². The van der Waals surface area contributed by atoms with Gasteiger partial charge in [0.2, 0.25) is 0 Å². The first-order valence-corrected chi connectivity index (χ1v) is 8.21. The maximum absolute atomic E-state index is 10.5. The largest absolute Gasteiger partial charge is 0.197 e. The van der Waals surface area contributed by atoms with E-state index in [9.17, 15) is 5.26 Å². The van der Waals surface area contributed by atoms with Crippen molar-refractivity contribution in [1.29, 1.82) is 5.26 Å². The smallest absolute Gasteiger partial charge is 0.133 e. The van der Waals surface area contributed by atoms with Gasteiger partial charge in [0.25, 0.3) is 0 Å². The molecular formula is C23H21N. The summed E-state index contributed by atoms with van der Waals surface area (Å²) >= 11 is 0. The van der Waals surface area contributed by atoms with Crippen LogP contribution >= 0.6 is 0 Å². The Morgan fingerprint density at radius 1 is 0.583 bits per heavy atom. The molecule has 0 fully saturated rings. The average Bonchev–Trinajstić information content (AvgIpc) is 2.60. The van der Waals surface area contributed by atoms with Crippen molar-refractivity contribution >= 4 is 0 Å². The normalized spacial score (nSPS) is 11.1. The molecule has 118 valence electrons. The predicted octanol–water partition coefficient (Wildman–Crippen LogP) is 5.47. The Bertz CT molecular complexity index is 804. The SMILES string of the molecule is Cc1ccccc1C(C#N)(c1ccccc1C)c1ccccc1C. The number of benzene rings is 3. The van der Waals surface area contributed by atoms with Crippen LogP contribution in [0.15, 0.2) is 72.8 Å². The van der Waals surface area contributed by atoms with Crippen molar-refractivity contribution in [2.45, 2.75) is 26.2 Å². The zero-order chi connectivity index (χ0) is 17.2. The first-order valence-electron chi connectivity index (χ1n) is 8.21. The third kappa shape index (κ3) is 2.41. The summed E-state index contributed by atoms with van der Waals surface area (Å²) in [6, 6.07) is 27.3. The summed E-state index contributed by atoms with van der Waals surface area (Å²) in [5.41, 5.74) is 5.74. The van der Waals surface area contributed by atoms with Gasteiger partial charge in [-0.05, 0) is 54.2 Å². The van der Waals surface area contributed by atoms with E-state index in [4.69, 9.17) is 0 Å². The number of hydrogen-bond donors (Lipinski definition) is 0. The van der Waals surface area contributed by atoms with Gasteiger partial charge < -0.3 is 0 Å². The maximum Gasteiger partial charge on any atom is 0.133 e. The average molecular weight is 311 g/mol. The van der Waals surface area contributed by atoms with Gasteiger partial charge in [-0.3, -0.25) is 0 Å². The Balaban J connectivity index is 2.47. The minimum atomic E-state index is -0.804. The van der Waals surface area contributed by atoms with Crippen LogP contribution < -0.4 is 0 Å². The van der Waals surface area contributed by atoms with Gasteiger partial charge in [-0.2, -0.15) is 5.26 Å². The number of hydrogen-bond acceptors (Lipinski definition) is 1. The molecule has 0 bridgehead atoms. The van der Waals surface area contributed by atoms with E-state index in [1.165, 1.54) is 0 Å². The summed E-state index contributed by atoms with van der Waals surface area (Å²) in [7, 11) is 0. The maximum atomic E-state index is 10.5. The van der Waals surface area contributed by atoms with Crippen LogP contribution in [0.1, 0.15) is 33.4 Å². The third-order valence-corrected chi connectivity index (χ3v) is 4.81. The Hall–Kier alpha value is -2.85. The molecule has 0 radical (unpaired) electrons. The van der Waals surface area contributed by atoms with Crippen LogP contribution in [-0.2, 0) is 5.41 Å². The van der Waals surface area contributed by atoms with Gasteiger partial charge in [0.05, 0.1) is 6.07 Å². The van der Waals surface area contributed by atoms with Gasteiger partial charge in [0.1, 0.15) is 5.41 Å². The molecule has 1 heteroatoms. The highest BCUT2D eigenvalue weighted by Gasteiger charge is 2.39. The van der Waals surface area contributed by atoms with Crippen molar-refractivity contribution in [3.05, 3.63) is 106 Å². The second-order valence-electron chi connectivity index (χ2n) is 6.31. The fourth-order valence-electron chi connectivity index (χ4n) is 3.60. The predicted molar refractivity (Wildman–Crippen MR) is 99.0 cm³/mol. The molecule has 0 saturated heterocycles. The van der Waals surface area contributed by atoms with Crippen LogP contribution in [0.3, 0.4) is 0 Å². The highest BCUT2D eigenvalue weighted by Crippen LogP contribution is 2.42. The topological polar surface area (TPSA) is 23.8 Å². The molecule has 0 aliphatic carbocycles. The molecule has 0 unspecified atom stereocenters. The van der Waals surface area contributed by atoms with Crippen molar-refractivity contribution < 1.29 is 0 Å². The van der Waals surface area contributed by atoms with E-state index in [0.717, 1.165) is 33.4 Å². The lowest BCUT2D eigenvalue weighted by atomic mass is 9.67. The van der Waals surface area contributed by atoms with Gasteiger partial charge in [0, 0.05) is 0 Å². The molecule has 0 amide bonds. The molecule has 0 aliphatic heterocycles. The minimum Gasteiger partial charge on any atom is -0.197 e. The van der Waals surface area contributed by atoms with E-state index in [1.54, 1.807) is 0 Å². The van der Waals surface area contributed by atoms with Crippen LogP contribution in [0.2, 0.25) is 0 Å². The molecule has 0 spiro atoms. The van der Waals surface area contributed by atoms with Crippen LogP contribution in [0.5, 0.6) is 0 Å². The lowest BCUT2D eigenvalue weighted by Crippen LogP contribution is -2.30. The number of nitriles is 1. The van der Waals surface area contributed by atoms with E-state index < -0.39 is 5.41 Å². The van der Waals surface area contributed by atoms with E-state index in [-0.39, 0.29) is 0 Å². The van der Waals surface area contributed by atoms with Crippen molar-refractivity contribution in [2.75, 3.05) is 0 Å². The molecule has 0 aromatic heterocycles. The summed E-state index contributed by atoms with van der Waals surface area (Å²) in [5.74, 6) is 0. The fraction of sp³-hybridized carbons (Fsp3) is 0.174. The van der Waals surface area contributed by atoms with E-state index in [2.05, 4.69) is 63.2 Å². The van der Waals surface area contributed by atoms with Gasteiger partial charge in [-0.15, -0.1) is 0 Å². The molecule has 3 aromatic carbocycles. The van der Waals surface area contributed by atoms with Crippen molar-refractivity contribution in [3.8, 4) is 6.07 Å². The minimum absolute atomic E-state index is 0.804. The number of rotatable bonds is 3. The van der Waals surface area contributed by atoms with Crippen LogP contribution in [0, 0.1) is 32.1 Å². The van der Waals surface area contributed by atoms with E-state index in [0.29, 0.717) is 0 Å². The molecule has 0 atom stereocenters. The van der Waals surface area contributed by atoms with E-state index in [1.807, 2.05) is 36.4 Å².